The number of ether oxygens (including phenoxy) is 1. The Kier molecular flexibility index (Phi) is 6.59. The molecule has 0 spiro atoms. The minimum Gasteiger partial charge on any atom is -0.467 e. The third-order valence-electron chi connectivity index (χ3n) is 2.92. The number of nitrogens with zero attached hydrogens (tertiary/aromatic N) is 1. The Morgan fingerprint density at radius 3 is 2.84 bits per heavy atom. The van der Waals surface area contributed by atoms with Gasteiger partial charge in [0.1, 0.15) is 11.3 Å². The summed E-state index contributed by atoms with van der Waals surface area (Å²) in [6.45, 7) is 7.73. The monoisotopic (exact) mass is 269 g/mol. The van der Waals surface area contributed by atoms with Crippen molar-refractivity contribution >= 4 is 5.97 Å². The minimum atomic E-state index is -0.350. The molecule has 0 saturated carbocycles. The van der Waals surface area contributed by atoms with Gasteiger partial charge in [0.05, 0.1) is 19.4 Å². The van der Waals surface area contributed by atoms with Crippen LogP contribution in [-0.2, 0) is 11.3 Å². The second-order valence-corrected chi connectivity index (χ2v) is 4.62. The average molecular weight is 269 g/mol. The van der Waals surface area contributed by atoms with Gasteiger partial charge in [0, 0.05) is 19.2 Å². The highest BCUT2D eigenvalue weighted by Gasteiger charge is 2.19. The van der Waals surface area contributed by atoms with Crippen LogP contribution in [0.25, 0.3) is 0 Å². The van der Waals surface area contributed by atoms with E-state index < -0.39 is 0 Å². The number of carbonyl (C=O) groups excluding carboxylic acids is 1. The first-order valence-corrected chi connectivity index (χ1v) is 6.68. The van der Waals surface area contributed by atoms with E-state index in [4.69, 9.17) is 14.3 Å². The molecule has 0 radical (unpaired) electrons. The first-order valence-electron chi connectivity index (χ1n) is 6.68. The van der Waals surface area contributed by atoms with Crippen molar-refractivity contribution in [1.82, 2.24) is 4.90 Å². The predicted molar refractivity (Wildman–Crippen MR) is 71.9 cm³/mol. The van der Waals surface area contributed by atoms with Gasteiger partial charge in [-0.15, -0.1) is 0 Å². The molecule has 108 valence electrons. The van der Waals surface area contributed by atoms with Crippen molar-refractivity contribution in [2.24, 2.45) is 0 Å². The van der Waals surface area contributed by atoms with E-state index in [9.17, 15) is 4.79 Å². The topological polar surface area (TPSA) is 62.9 Å². The summed E-state index contributed by atoms with van der Waals surface area (Å²) in [7, 11) is 0. The number of carbonyl (C=O) groups is 1. The first kappa shape index (κ1) is 15.7. The van der Waals surface area contributed by atoms with Crippen molar-refractivity contribution in [2.75, 3.05) is 19.8 Å². The van der Waals surface area contributed by atoms with Crippen molar-refractivity contribution in [3.63, 3.8) is 0 Å². The Morgan fingerprint density at radius 2 is 2.26 bits per heavy atom. The summed E-state index contributed by atoms with van der Waals surface area (Å²) in [5.41, 5.74) is 0.483. The molecule has 0 atom stereocenters. The van der Waals surface area contributed by atoms with Crippen molar-refractivity contribution in [2.45, 2.75) is 39.8 Å². The lowest BCUT2D eigenvalue weighted by molar-refractivity contribution is 0.0520. The van der Waals surface area contributed by atoms with E-state index in [1.54, 1.807) is 13.0 Å². The first-order chi connectivity index (χ1) is 9.10. The molecule has 5 nitrogen and oxygen atoms in total. The number of hydrogen-bond acceptors (Lipinski definition) is 5. The third-order valence-corrected chi connectivity index (χ3v) is 2.92. The maximum atomic E-state index is 11.8. The molecule has 0 aliphatic heterocycles. The van der Waals surface area contributed by atoms with Crippen molar-refractivity contribution in [3.8, 4) is 0 Å². The highest BCUT2D eigenvalue weighted by molar-refractivity contribution is 5.90. The molecule has 0 bridgehead atoms. The van der Waals surface area contributed by atoms with Crippen LogP contribution in [0.3, 0.4) is 0 Å². The number of rotatable bonds is 8. The fourth-order valence-electron chi connectivity index (χ4n) is 1.83. The summed E-state index contributed by atoms with van der Waals surface area (Å²) < 4.78 is 10.4. The van der Waals surface area contributed by atoms with E-state index in [2.05, 4.69) is 18.7 Å². The minimum absolute atomic E-state index is 0.159. The molecule has 0 aliphatic rings. The summed E-state index contributed by atoms with van der Waals surface area (Å²) in [5, 5.41) is 8.91. The highest BCUT2D eigenvalue weighted by atomic mass is 16.5. The number of aliphatic hydroxyl groups excluding tert-OH is 1. The maximum Gasteiger partial charge on any atom is 0.341 e. The second kappa shape index (κ2) is 7.96. The normalized spacial score (nSPS) is 11.3. The molecule has 5 heteroatoms. The quantitative estimate of drug-likeness (QED) is 0.732. The van der Waals surface area contributed by atoms with Gasteiger partial charge in [-0.25, -0.2) is 4.79 Å². The molecule has 0 amide bonds. The van der Waals surface area contributed by atoms with Gasteiger partial charge in [-0.2, -0.15) is 0 Å². The van der Waals surface area contributed by atoms with Crippen LogP contribution in [0.5, 0.6) is 0 Å². The largest absolute Gasteiger partial charge is 0.467 e. The van der Waals surface area contributed by atoms with Gasteiger partial charge in [-0.3, -0.25) is 4.90 Å². The van der Waals surface area contributed by atoms with Gasteiger partial charge in [0.2, 0.25) is 0 Å². The molecule has 1 rings (SSSR count). The smallest absolute Gasteiger partial charge is 0.341 e. The SMILES string of the molecule is CCOC(=O)c1ccoc1CN(CCCO)C(C)C. The number of hydrogen-bond donors (Lipinski definition) is 1. The van der Waals surface area contributed by atoms with Gasteiger partial charge in [0.15, 0.2) is 0 Å². The van der Waals surface area contributed by atoms with Crippen LogP contribution in [0.1, 0.15) is 43.3 Å². The van der Waals surface area contributed by atoms with Crippen LogP contribution in [0.15, 0.2) is 16.7 Å². The highest BCUT2D eigenvalue weighted by Crippen LogP contribution is 2.16. The molecular weight excluding hydrogens is 246 g/mol. The molecule has 0 saturated heterocycles. The van der Waals surface area contributed by atoms with Gasteiger partial charge in [-0.1, -0.05) is 0 Å². The molecule has 0 aromatic carbocycles. The summed E-state index contributed by atoms with van der Waals surface area (Å²) in [5.74, 6) is 0.266. The molecule has 1 aromatic heterocycles. The fraction of sp³-hybridized carbons (Fsp3) is 0.643. The third kappa shape index (κ3) is 4.69. The zero-order valence-electron chi connectivity index (χ0n) is 11.9. The van der Waals surface area contributed by atoms with E-state index in [-0.39, 0.29) is 12.6 Å². The van der Waals surface area contributed by atoms with Crippen molar-refractivity contribution < 1.29 is 19.1 Å². The molecular formula is C14H23NO4. The molecule has 1 aromatic rings. The predicted octanol–water partition coefficient (Wildman–Crippen LogP) is 2.05. The van der Waals surface area contributed by atoms with Gasteiger partial charge >= 0.3 is 5.97 Å². The number of aliphatic hydroxyl groups is 1. The van der Waals surface area contributed by atoms with Crippen LogP contribution >= 0.6 is 0 Å². The Hall–Kier alpha value is -1.33. The molecule has 19 heavy (non-hydrogen) atoms. The van der Waals surface area contributed by atoms with Crippen molar-refractivity contribution in [1.29, 1.82) is 0 Å². The summed E-state index contributed by atoms with van der Waals surface area (Å²) in [6, 6.07) is 1.95. The summed E-state index contributed by atoms with van der Waals surface area (Å²) >= 11 is 0. The molecule has 0 aliphatic carbocycles. The summed E-state index contributed by atoms with van der Waals surface area (Å²) in [4.78, 5) is 13.9. The lowest BCUT2D eigenvalue weighted by Gasteiger charge is -2.25. The lowest BCUT2D eigenvalue weighted by atomic mass is 10.2. The zero-order chi connectivity index (χ0) is 14.3. The van der Waals surface area contributed by atoms with E-state index in [1.165, 1.54) is 6.26 Å². The van der Waals surface area contributed by atoms with E-state index in [1.807, 2.05) is 0 Å². The van der Waals surface area contributed by atoms with E-state index >= 15 is 0 Å². The lowest BCUT2D eigenvalue weighted by Crippen LogP contribution is -2.32. The Labute approximate surface area is 114 Å². The molecule has 0 fully saturated rings. The van der Waals surface area contributed by atoms with Crippen LogP contribution in [0.4, 0.5) is 0 Å². The second-order valence-electron chi connectivity index (χ2n) is 4.62. The van der Waals surface area contributed by atoms with Crippen molar-refractivity contribution in [3.05, 3.63) is 23.7 Å². The van der Waals surface area contributed by atoms with E-state index in [0.29, 0.717) is 36.9 Å². The fourth-order valence-corrected chi connectivity index (χ4v) is 1.83. The van der Waals surface area contributed by atoms with Crippen LogP contribution in [0, 0.1) is 0 Å². The molecule has 1 heterocycles. The van der Waals surface area contributed by atoms with E-state index in [0.717, 1.165) is 6.54 Å². The zero-order valence-corrected chi connectivity index (χ0v) is 11.9. The van der Waals surface area contributed by atoms with Gasteiger partial charge in [-0.05, 0) is 33.3 Å². The Balaban J connectivity index is 2.74. The number of esters is 1. The Morgan fingerprint density at radius 1 is 1.53 bits per heavy atom. The van der Waals surface area contributed by atoms with Crippen LogP contribution in [-0.4, -0.2) is 41.8 Å². The Bertz CT molecular complexity index is 387. The molecule has 1 N–H and O–H groups in total. The van der Waals surface area contributed by atoms with Crippen LogP contribution in [0.2, 0.25) is 0 Å². The van der Waals surface area contributed by atoms with Gasteiger partial charge < -0.3 is 14.3 Å². The molecule has 0 unspecified atom stereocenters. The average Bonchev–Trinajstić information content (AvgIpc) is 2.82. The maximum absolute atomic E-state index is 11.8. The summed E-state index contributed by atoms with van der Waals surface area (Å²) in [6.07, 6.45) is 2.21. The van der Waals surface area contributed by atoms with Crippen LogP contribution < -0.4 is 0 Å². The van der Waals surface area contributed by atoms with Gasteiger partial charge in [0.25, 0.3) is 0 Å². The number of furan rings is 1. The standard InChI is InChI=1S/C14H23NO4/c1-4-18-14(17)12-6-9-19-13(12)10-15(11(2)3)7-5-8-16/h6,9,11,16H,4-5,7-8,10H2,1-3H3.